The third-order valence-corrected chi connectivity index (χ3v) is 7.06. The van der Waals surface area contributed by atoms with Crippen molar-refractivity contribution in [3.05, 3.63) is 33.8 Å². The third-order valence-electron chi connectivity index (χ3n) is 4.42. The highest BCUT2D eigenvalue weighted by atomic mass is 35.5. The van der Waals surface area contributed by atoms with E-state index in [1.54, 1.807) is 17.0 Å². The first kappa shape index (κ1) is 17.0. The van der Waals surface area contributed by atoms with E-state index in [4.69, 9.17) is 23.2 Å². The van der Waals surface area contributed by atoms with Crippen molar-refractivity contribution >= 4 is 39.1 Å². The van der Waals surface area contributed by atoms with E-state index < -0.39 is 10.0 Å². The van der Waals surface area contributed by atoms with Crippen LogP contribution < -0.4 is 0 Å². The molecule has 23 heavy (non-hydrogen) atoms. The largest absolute Gasteiger partial charge is 0.335 e. The standard InChI is InChI=1S/C15H18Cl2N2O3S/c16-12-5-4-11(9-13(12)17)14-3-1-7-19(14)15(20)10-18-6-2-8-23(18,21)22/h4-5,9,14H,1-3,6-8,10H2/t14-/m0/s1. The van der Waals surface area contributed by atoms with Crippen LogP contribution in [0.15, 0.2) is 18.2 Å². The van der Waals surface area contributed by atoms with Gasteiger partial charge in [0.15, 0.2) is 0 Å². The fourth-order valence-electron chi connectivity index (χ4n) is 3.24. The van der Waals surface area contributed by atoms with Crippen LogP contribution in [0.5, 0.6) is 0 Å². The van der Waals surface area contributed by atoms with Gasteiger partial charge in [0.1, 0.15) is 0 Å². The minimum Gasteiger partial charge on any atom is -0.335 e. The lowest BCUT2D eigenvalue weighted by Gasteiger charge is -2.27. The van der Waals surface area contributed by atoms with Crippen LogP contribution >= 0.6 is 23.2 Å². The molecule has 2 fully saturated rings. The van der Waals surface area contributed by atoms with Crippen LogP contribution in [0.2, 0.25) is 10.0 Å². The molecule has 2 saturated heterocycles. The maximum atomic E-state index is 12.6. The van der Waals surface area contributed by atoms with Gasteiger partial charge in [0.25, 0.3) is 0 Å². The molecule has 2 aliphatic rings. The summed E-state index contributed by atoms with van der Waals surface area (Å²) in [6.07, 6.45) is 2.33. The summed E-state index contributed by atoms with van der Waals surface area (Å²) >= 11 is 12.0. The molecular formula is C15H18Cl2N2O3S. The lowest BCUT2D eigenvalue weighted by molar-refractivity contribution is -0.132. The van der Waals surface area contributed by atoms with Crippen molar-refractivity contribution in [3.8, 4) is 0 Å². The summed E-state index contributed by atoms with van der Waals surface area (Å²) < 4.78 is 25.0. The number of nitrogens with zero attached hydrogens (tertiary/aromatic N) is 2. The fourth-order valence-corrected chi connectivity index (χ4v) is 5.02. The lowest BCUT2D eigenvalue weighted by atomic mass is 10.0. The van der Waals surface area contributed by atoms with Gasteiger partial charge in [-0.3, -0.25) is 4.79 Å². The Morgan fingerprint density at radius 3 is 2.61 bits per heavy atom. The zero-order valence-electron chi connectivity index (χ0n) is 12.5. The van der Waals surface area contributed by atoms with Gasteiger partial charge in [0.05, 0.1) is 28.4 Å². The minimum atomic E-state index is -3.26. The highest BCUT2D eigenvalue weighted by Gasteiger charge is 2.35. The number of hydrogen-bond donors (Lipinski definition) is 0. The molecule has 0 unspecified atom stereocenters. The molecule has 1 aromatic rings. The Bertz CT molecular complexity index is 723. The molecule has 1 aromatic carbocycles. The van der Waals surface area contributed by atoms with Crippen molar-refractivity contribution in [1.82, 2.24) is 9.21 Å². The van der Waals surface area contributed by atoms with Crippen LogP contribution in [-0.4, -0.2) is 48.9 Å². The molecule has 0 N–H and O–H groups in total. The summed E-state index contributed by atoms with van der Waals surface area (Å²) in [6, 6.07) is 5.32. The summed E-state index contributed by atoms with van der Waals surface area (Å²) in [7, 11) is -3.26. The summed E-state index contributed by atoms with van der Waals surface area (Å²) in [5, 5.41) is 0.944. The van der Waals surface area contributed by atoms with E-state index in [1.165, 1.54) is 4.31 Å². The Hall–Kier alpha value is -0.820. The summed E-state index contributed by atoms with van der Waals surface area (Å²) in [5.41, 5.74) is 0.939. The van der Waals surface area contributed by atoms with Crippen LogP contribution in [0.1, 0.15) is 30.9 Å². The summed E-state index contributed by atoms with van der Waals surface area (Å²) in [4.78, 5) is 14.3. The van der Waals surface area contributed by atoms with Crippen LogP contribution in [0.3, 0.4) is 0 Å². The lowest BCUT2D eigenvalue weighted by Crippen LogP contribution is -2.40. The number of halogens is 2. The van der Waals surface area contributed by atoms with E-state index in [9.17, 15) is 13.2 Å². The molecule has 0 radical (unpaired) electrons. The number of likely N-dealkylation sites (tertiary alicyclic amines) is 1. The predicted molar refractivity (Wildman–Crippen MR) is 90.1 cm³/mol. The number of carbonyl (C=O) groups excluding carboxylic acids is 1. The average molecular weight is 377 g/mol. The van der Waals surface area contributed by atoms with Crippen LogP contribution in [-0.2, 0) is 14.8 Å². The second kappa shape index (κ2) is 6.59. The van der Waals surface area contributed by atoms with Gasteiger partial charge in [0.2, 0.25) is 15.9 Å². The third kappa shape index (κ3) is 3.50. The first-order valence-corrected chi connectivity index (χ1v) is 9.97. The zero-order chi connectivity index (χ0) is 16.6. The van der Waals surface area contributed by atoms with E-state index in [1.807, 2.05) is 6.07 Å². The average Bonchev–Trinajstić information content (AvgIpc) is 3.09. The Labute approximate surface area is 146 Å². The van der Waals surface area contributed by atoms with Gasteiger partial charge in [-0.15, -0.1) is 0 Å². The second-order valence-electron chi connectivity index (χ2n) is 5.92. The molecule has 1 atom stereocenters. The van der Waals surface area contributed by atoms with E-state index in [0.717, 1.165) is 18.4 Å². The molecular weight excluding hydrogens is 359 g/mol. The van der Waals surface area contributed by atoms with Gasteiger partial charge in [0, 0.05) is 13.1 Å². The fraction of sp³-hybridized carbons (Fsp3) is 0.533. The topological polar surface area (TPSA) is 57.7 Å². The number of rotatable bonds is 3. The van der Waals surface area contributed by atoms with Crippen molar-refractivity contribution in [2.45, 2.75) is 25.3 Å². The number of hydrogen-bond acceptors (Lipinski definition) is 3. The quantitative estimate of drug-likeness (QED) is 0.814. The van der Waals surface area contributed by atoms with Gasteiger partial charge in [-0.05, 0) is 37.0 Å². The molecule has 0 bridgehead atoms. The molecule has 0 aromatic heterocycles. The minimum absolute atomic E-state index is 0.0671. The monoisotopic (exact) mass is 376 g/mol. The smallest absolute Gasteiger partial charge is 0.238 e. The van der Waals surface area contributed by atoms with Crippen molar-refractivity contribution in [2.24, 2.45) is 0 Å². The maximum absolute atomic E-state index is 12.6. The first-order valence-electron chi connectivity index (χ1n) is 7.61. The normalized spacial score (nSPS) is 24.3. The predicted octanol–water partition coefficient (Wildman–Crippen LogP) is 2.69. The molecule has 8 heteroatoms. The molecule has 126 valence electrons. The molecule has 2 aliphatic heterocycles. The Morgan fingerprint density at radius 1 is 1.17 bits per heavy atom. The molecule has 2 heterocycles. The van der Waals surface area contributed by atoms with Crippen molar-refractivity contribution in [1.29, 1.82) is 0 Å². The molecule has 0 spiro atoms. The van der Waals surface area contributed by atoms with Gasteiger partial charge < -0.3 is 4.90 Å². The van der Waals surface area contributed by atoms with Crippen molar-refractivity contribution < 1.29 is 13.2 Å². The number of amides is 1. The van der Waals surface area contributed by atoms with Gasteiger partial charge >= 0.3 is 0 Å². The van der Waals surface area contributed by atoms with Crippen LogP contribution in [0.25, 0.3) is 0 Å². The first-order chi connectivity index (χ1) is 10.9. The van der Waals surface area contributed by atoms with E-state index in [-0.39, 0.29) is 24.2 Å². The second-order valence-corrected chi connectivity index (χ2v) is 8.82. The number of carbonyl (C=O) groups is 1. The molecule has 5 nitrogen and oxygen atoms in total. The highest BCUT2D eigenvalue weighted by Crippen LogP contribution is 2.35. The Morgan fingerprint density at radius 2 is 1.96 bits per heavy atom. The number of sulfonamides is 1. The highest BCUT2D eigenvalue weighted by molar-refractivity contribution is 7.89. The number of benzene rings is 1. The van der Waals surface area contributed by atoms with Crippen molar-refractivity contribution in [3.63, 3.8) is 0 Å². The van der Waals surface area contributed by atoms with Gasteiger partial charge in [-0.1, -0.05) is 29.3 Å². The van der Waals surface area contributed by atoms with Gasteiger partial charge in [-0.2, -0.15) is 4.31 Å². The maximum Gasteiger partial charge on any atom is 0.238 e. The molecule has 3 rings (SSSR count). The Kier molecular flexibility index (Phi) is 4.88. The van der Waals surface area contributed by atoms with E-state index in [0.29, 0.717) is 29.6 Å². The van der Waals surface area contributed by atoms with Gasteiger partial charge in [-0.25, -0.2) is 8.42 Å². The summed E-state index contributed by atoms with van der Waals surface area (Å²) in [6.45, 7) is 0.997. The SMILES string of the molecule is O=C(CN1CCCS1(=O)=O)N1CCC[C@H]1c1ccc(Cl)c(Cl)c1. The van der Waals surface area contributed by atoms with Crippen LogP contribution in [0, 0.1) is 0 Å². The zero-order valence-corrected chi connectivity index (χ0v) is 14.9. The van der Waals surface area contributed by atoms with E-state index in [2.05, 4.69) is 0 Å². The van der Waals surface area contributed by atoms with Crippen LogP contribution in [0.4, 0.5) is 0 Å². The molecule has 0 saturated carbocycles. The molecule has 0 aliphatic carbocycles. The van der Waals surface area contributed by atoms with Crippen molar-refractivity contribution in [2.75, 3.05) is 25.4 Å². The Balaban J connectivity index is 1.76. The van der Waals surface area contributed by atoms with E-state index >= 15 is 0 Å². The molecule has 1 amide bonds. The summed E-state index contributed by atoms with van der Waals surface area (Å²) in [5.74, 6) is -0.0136.